The standard InChI is InChI=1S/C19H33N5OS/c1-6-15-14(2)26-16(23-15)9-12-21-18(20-3)22-13-19(10-7-8-11-19)17(25)24(4)5/h6-13H2,1-5H3,(H2,20,21,22). The summed E-state index contributed by atoms with van der Waals surface area (Å²) in [5, 5.41) is 7.90. The van der Waals surface area contributed by atoms with E-state index < -0.39 is 0 Å². The lowest BCUT2D eigenvalue weighted by Crippen LogP contribution is -2.49. The van der Waals surface area contributed by atoms with Crippen LogP contribution in [0.2, 0.25) is 0 Å². The van der Waals surface area contributed by atoms with Crippen molar-refractivity contribution in [2.45, 2.75) is 52.4 Å². The molecule has 7 heteroatoms. The van der Waals surface area contributed by atoms with Gasteiger partial charge in [0.25, 0.3) is 0 Å². The van der Waals surface area contributed by atoms with Gasteiger partial charge in [0.05, 0.1) is 16.1 Å². The van der Waals surface area contributed by atoms with Gasteiger partial charge in [0.2, 0.25) is 5.91 Å². The largest absolute Gasteiger partial charge is 0.356 e. The average molecular weight is 380 g/mol. The van der Waals surface area contributed by atoms with Gasteiger partial charge in [-0.05, 0) is 26.2 Å². The number of hydrogen-bond donors (Lipinski definition) is 2. The van der Waals surface area contributed by atoms with Crippen LogP contribution in [0.4, 0.5) is 0 Å². The number of hydrogen-bond acceptors (Lipinski definition) is 4. The zero-order valence-corrected chi connectivity index (χ0v) is 17.6. The van der Waals surface area contributed by atoms with Crippen molar-refractivity contribution >= 4 is 23.2 Å². The summed E-state index contributed by atoms with van der Waals surface area (Å²) in [6, 6.07) is 0. The van der Waals surface area contributed by atoms with Crippen LogP contribution in [-0.4, -0.2) is 56.0 Å². The molecular weight excluding hydrogens is 346 g/mol. The predicted octanol–water partition coefficient (Wildman–Crippen LogP) is 2.37. The van der Waals surface area contributed by atoms with E-state index >= 15 is 0 Å². The monoisotopic (exact) mass is 379 g/mol. The number of nitrogens with one attached hydrogen (secondary N) is 2. The smallest absolute Gasteiger partial charge is 0.230 e. The second-order valence-corrected chi connectivity index (χ2v) is 8.54. The molecule has 1 amide bonds. The topological polar surface area (TPSA) is 69.6 Å². The summed E-state index contributed by atoms with van der Waals surface area (Å²) >= 11 is 1.78. The summed E-state index contributed by atoms with van der Waals surface area (Å²) in [5.74, 6) is 0.982. The summed E-state index contributed by atoms with van der Waals surface area (Å²) in [6.45, 7) is 5.70. The molecule has 0 radical (unpaired) electrons. The van der Waals surface area contributed by atoms with Crippen LogP contribution in [-0.2, 0) is 17.6 Å². The van der Waals surface area contributed by atoms with Crippen LogP contribution < -0.4 is 10.6 Å². The predicted molar refractivity (Wildman–Crippen MR) is 109 cm³/mol. The van der Waals surface area contributed by atoms with Crippen molar-refractivity contribution in [3.05, 3.63) is 15.6 Å². The molecule has 0 aliphatic heterocycles. The van der Waals surface area contributed by atoms with Gasteiger partial charge in [0, 0.05) is 45.5 Å². The molecule has 2 rings (SSSR count). The molecule has 1 aromatic rings. The third-order valence-corrected chi connectivity index (χ3v) is 6.21. The Bertz CT molecular complexity index is 632. The summed E-state index contributed by atoms with van der Waals surface area (Å²) < 4.78 is 0. The lowest BCUT2D eigenvalue weighted by Gasteiger charge is -2.31. The highest BCUT2D eigenvalue weighted by Gasteiger charge is 2.42. The van der Waals surface area contributed by atoms with E-state index in [2.05, 4.69) is 34.5 Å². The number of carbonyl (C=O) groups is 1. The lowest BCUT2D eigenvalue weighted by atomic mass is 9.84. The van der Waals surface area contributed by atoms with Crippen LogP contribution in [0.25, 0.3) is 0 Å². The van der Waals surface area contributed by atoms with Crippen LogP contribution in [0.1, 0.15) is 48.2 Å². The molecule has 0 saturated heterocycles. The quantitative estimate of drug-likeness (QED) is 0.564. The maximum absolute atomic E-state index is 12.6. The van der Waals surface area contributed by atoms with Crippen molar-refractivity contribution < 1.29 is 4.79 Å². The summed E-state index contributed by atoms with van der Waals surface area (Å²) in [4.78, 5) is 24.7. The fourth-order valence-corrected chi connectivity index (χ4v) is 4.70. The van der Waals surface area contributed by atoms with Crippen molar-refractivity contribution in [3.8, 4) is 0 Å². The highest BCUT2D eigenvalue weighted by atomic mass is 32.1. The number of thiazole rings is 1. The number of amides is 1. The molecule has 2 N–H and O–H groups in total. The maximum Gasteiger partial charge on any atom is 0.230 e. The Labute approximate surface area is 161 Å². The minimum atomic E-state index is -0.288. The zero-order chi connectivity index (χ0) is 19.2. The molecule has 0 bridgehead atoms. The molecule has 0 aromatic carbocycles. The SMILES string of the molecule is CCc1nc(CCNC(=NC)NCC2(C(=O)N(C)C)CCCC2)sc1C. The first-order valence-electron chi connectivity index (χ1n) is 9.53. The van der Waals surface area contributed by atoms with E-state index in [1.54, 1.807) is 23.3 Å². The number of aromatic nitrogens is 1. The minimum absolute atomic E-state index is 0.225. The summed E-state index contributed by atoms with van der Waals surface area (Å²) in [7, 11) is 5.46. The number of guanidine groups is 1. The number of rotatable bonds is 7. The molecule has 1 fully saturated rings. The molecule has 1 heterocycles. The van der Waals surface area contributed by atoms with Crippen molar-refractivity contribution in [3.63, 3.8) is 0 Å². The zero-order valence-electron chi connectivity index (χ0n) is 16.8. The molecule has 0 atom stereocenters. The van der Waals surface area contributed by atoms with Gasteiger partial charge in [0.15, 0.2) is 5.96 Å². The minimum Gasteiger partial charge on any atom is -0.356 e. The van der Waals surface area contributed by atoms with Crippen LogP contribution in [0.5, 0.6) is 0 Å². The van der Waals surface area contributed by atoms with Crippen molar-refractivity contribution in [1.29, 1.82) is 0 Å². The molecule has 26 heavy (non-hydrogen) atoms. The second kappa shape index (κ2) is 9.35. The Kier molecular flexibility index (Phi) is 7.43. The molecule has 0 spiro atoms. The Morgan fingerprint density at radius 3 is 2.54 bits per heavy atom. The van der Waals surface area contributed by atoms with Gasteiger partial charge >= 0.3 is 0 Å². The van der Waals surface area contributed by atoms with E-state index in [0.717, 1.165) is 56.0 Å². The van der Waals surface area contributed by atoms with Crippen LogP contribution >= 0.6 is 11.3 Å². The molecule has 1 aliphatic carbocycles. The van der Waals surface area contributed by atoms with Crippen LogP contribution in [0.3, 0.4) is 0 Å². The molecule has 1 aliphatic rings. The number of carbonyl (C=O) groups excluding carboxylic acids is 1. The van der Waals surface area contributed by atoms with Gasteiger partial charge in [-0.25, -0.2) is 4.98 Å². The van der Waals surface area contributed by atoms with Gasteiger partial charge in [-0.3, -0.25) is 9.79 Å². The number of aliphatic imine (C=N–C) groups is 1. The normalized spacial score (nSPS) is 16.6. The van der Waals surface area contributed by atoms with Gasteiger partial charge in [-0.1, -0.05) is 19.8 Å². The maximum atomic E-state index is 12.6. The van der Waals surface area contributed by atoms with Gasteiger partial charge in [-0.2, -0.15) is 0 Å². The van der Waals surface area contributed by atoms with Gasteiger partial charge in [0.1, 0.15) is 0 Å². The highest BCUT2D eigenvalue weighted by Crippen LogP contribution is 2.38. The molecule has 0 unspecified atom stereocenters. The van der Waals surface area contributed by atoms with Crippen LogP contribution in [0.15, 0.2) is 4.99 Å². The van der Waals surface area contributed by atoms with E-state index in [-0.39, 0.29) is 11.3 Å². The Morgan fingerprint density at radius 1 is 1.31 bits per heavy atom. The third kappa shape index (κ3) is 4.96. The van der Waals surface area contributed by atoms with E-state index in [4.69, 9.17) is 0 Å². The first-order valence-corrected chi connectivity index (χ1v) is 10.3. The first kappa shape index (κ1) is 20.7. The Hall–Kier alpha value is -1.63. The molecule has 146 valence electrons. The lowest BCUT2D eigenvalue weighted by molar-refractivity contribution is -0.138. The molecule has 1 saturated carbocycles. The average Bonchev–Trinajstić information content (AvgIpc) is 3.24. The number of nitrogens with zero attached hydrogens (tertiary/aromatic N) is 3. The Balaban J connectivity index is 1.85. The summed E-state index contributed by atoms with van der Waals surface area (Å²) in [6.07, 6.45) is 6.01. The van der Waals surface area contributed by atoms with E-state index in [1.165, 1.54) is 10.6 Å². The number of aryl methyl sites for hydroxylation is 2. The highest BCUT2D eigenvalue weighted by molar-refractivity contribution is 7.11. The van der Waals surface area contributed by atoms with Crippen molar-refractivity contribution in [2.24, 2.45) is 10.4 Å². The molecule has 6 nitrogen and oxygen atoms in total. The fourth-order valence-electron chi connectivity index (χ4n) is 3.68. The second-order valence-electron chi connectivity index (χ2n) is 7.25. The molecule has 1 aromatic heterocycles. The summed E-state index contributed by atoms with van der Waals surface area (Å²) in [5.41, 5.74) is 0.918. The fraction of sp³-hybridized carbons (Fsp3) is 0.737. The van der Waals surface area contributed by atoms with Crippen LogP contribution in [0, 0.1) is 12.3 Å². The van der Waals surface area contributed by atoms with Crippen molar-refractivity contribution in [1.82, 2.24) is 20.5 Å². The van der Waals surface area contributed by atoms with Crippen molar-refractivity contribution in [2.75, 3.05) is 34.2 Å². The van der Waals surface area contributed by atoms with E-state index in [0.29, 0.717) is 6.54 Å². The first-order chi connectivity index (χ1) is 12.4. The van der Waals surface area contributed by atoms with Gasteiger partial charge < -0.3 is 15.5 Å². The Morgan fingerprint density at radius 2 is 2.00 bits per heavy atom. The van der Waals surface area contributed by atoms with E-state index in [9.17, 15) is 4.79 Å². The van der Waals surface area contributed by atoms with E-state index in [1.807, 2.05) is 14.1 Å². The third-order valence-electron chi connectivity index (χ3n) is 5.14. The van der Waals surface area contributed by atoms with Gasteiger partial charge in [-0.15, -0.1) is 11.3 Å². The molecular formula is C19H33N5OS.